The van der Waals surface area contributed by atoms with Crippen molar-refractivity contribution in [3.05, 3.63) is 35.5 Å². The van der Waals surface area contributed by atoms with Gasteiger partial charge in [0.1, 0.15) is 17.3 Å². The van der Waals surface area contributed by atoms with Gasteiger partial charge in [0.05, 0.1) is 6.20 Å². The molecule has 2 rings (SSSR count). The standard InChI is InChI=1S/C14H15F3N4O/c1-7(2)9-5-20-12(14(15,16)17)4-10(9)22-11-6-19-8(3)21-13(11)18/h4-7H,1-3H3,(H2,18,19,21). The first-order valence-electron chi connectivity index (χ1n) is 6.52. The summed E-state index contributed by atoms with van der Waals surface area (Å²) < 4.78 is 43.9. The largest absolute Gasteiger partial charge is 0.451 e. The Morgan fingerprint density at radius 1 is 1.14 bits per heavy atom. The first kappa shape index (κ1) is 16.0. The lowest BCUT2D eigenvalue weighted by Crippen LogP contribution is -2.09. The molecule has 2 N–H and O–H groups in total. The molecule has 118 valence electrons. The number of hydrogen-bond donors (Lipinski definition) is 1. The fourth-order valence-electron chi connectivity index (χ4n) is 1.80. The number of ether oxygens (including phenoxy) is 1. The summed E-state index contributed by atoms with van der Waals surface area (Å²) in [5.74, 6) is 0.577. The molecule has 5 nitrogen and oxygen atoms in total. The van der Waals surface area contributed by atoms with Crippen LogP contribution in [0.1, 0.15) is 36.8 Å². The zero-order valence-corrected chi connectivity index (χ0v) is 12.3. The number of nitrogen functional groups attached to an aromatic ring is 1. The van der Waals surface area contributed by atoms with Crippen molar-refractivity contribution in [1.29, 1.82) is 0 Å². The molecule has 0 aliphatic rings. The molecule has 8 heteroatoms. The van der Waals surface area contributed by atoms with E-state index in [0.29, 0.717) is 11.4 Å². The minimum atomic E-state index is -4.55. The predicted octanol–water partition coefficient (Wildman–Crippen LogP) is 3.70. The van der Waals surface area contributed by atoms with Crippen molar-refractivity contribution in [3.63, 3.8) is 0 Å². The van der Waals surface area contributed by atoms with Crippen LogP contribution in [0.15, 0.2) is 18.5 Å². The van der Waals surface area contributed by atoms with E-state index in [0.717, 1.165) is 12.3 Å². The van der Waals surface area contributed by atoms with E-state index in [-0.39, 0.29) is 23.2 Å². The number of anilines is 1. The molecule has 0 fully saturated rings. The van der Waals surface area contributed by atoms with Crippen molar-refractivity contribution in [2.75, 3.05) is 5.73 Å². The molecule has 0 amide bonds. The molecule has 22 heavy (non-hydrogen) atoms. The van der Waals surface area contributed by atoms with Crippen molar-refractivity contribution in [2.24, 2.45) is 0 Å². The molecule has 0 aliphatic carbocycles. The summed E-state index contributed by atoms with van der Waals surface area (Å²) in [6, 6.07) is 0.856. The van der Waals surface area contributed by atoms with E-state index >= 15 is 0 Å². The average Bonchev–Trinajstić information content (AvgIpc) is 2.40. The maximum atomic E-state index is 12.8. The quantitative estimate of drug-likeness (QED) is 0.935. The van der Waals surface area contributed by atoms with Gasteiger partial charge in [-0.3, -0.25) is 4.98 Å². The zero-order chi connectivity index (χ0) is 16.5. The molecule has 0 aromatic carbocycles. The Kier molecular flexibility index (Phi) is 4.20. The Labute approximate surface area is 125 Å². The number of aryl methyl sites for hydroxylation is 1. The molecule has 2 heterocycles. The summed E-state index contributed by atoms with van der Waals surface area (Å²) in [4.78, 5) is 11.3. The van der Waals surface area contributed by atoms with Gasteiger partial charge in [0.25, 0.3) is 0 Å². The van der Waals surface area contributed by atoms with Gasteiger partial charge in [-0.05, 0) is 12.8 Å². The van der Waals surface area contributed by atoms with E-state index in [9.17, 15) is 13.2 Å². The Morgan fingerprint density at radius 3 is 2.36 bits per heavy atom. The topological polar surface area (TPSA) is 73.9 Å². The SMILES string of the molecule is Cc1ncc(Oc2cc(C(F)(F)F)ncc2C(C)C)c(N)n1. The van der Waals surface area contributed by atoms with Crippen LogP contribution in [-0.4, -0.2) is 15.0 Å². The second-order valence-electron chi connectivity index (χ2n) is 5.03. The summed E-state index contributed by atoms with van der Waals surface area (Å²) in [6.07, 6.45) is -2.06. The fraction of sp³-hybridized carbons (Fsp3) is 0.357. The maximum Gasteiger partial charge on any atom is 0.433 e. The van der Waals surface area contributed by atoms with Gasteiger partial charge >= 0.3 is 6.18 Å². The number of halogens is 3. The molecule has 0 atom stereocenters. The van der Waals surface area contributed by atoms with Crippen LogP contribution in [0.5, 0.6) is 11.5 Å². The molecule has 2 aromatic rings. The minimum absolute atomic E-state index is 0.0384. The minimum Gasteiger partial charge on any atom is -0.451 e. The Balaban J connectivity index is 2.47. The number of alkyl halides is 3. The molecule has 0 unspecified atom stereocenters. The van der Waals surface area contributed by atoms with E-state index in [2.05, 4.69) is 15.0 Å². The third-order valence-electron chi connectivity index (χ3n) is 2.93. The molecular formula is C14H15F3N4O. The Morgan fingerprint density at radius 2 is 1.82 bits per heavy atom. The van der Waals surface area contributed by atoms with Gasteiger partial charge in [-0.1, -0.05) is 13.8 Å². The third-order valence-corrected chi connectivity index (χ3v) is 2.93. The summed E-state index contributed by atoms with van der Waals surface area (Å²) in [7, 11) is 0. The lowest BCUT2D eigenvalue weighted by atomic mass is 10.0. The normalized spacial score (nSPS) is 11.8. The lowest BCUT2D eigenvalue weighted by Gasteiger charge is -2.16. The van der Waals surface area contributed by atoms with E-state index in [4.69, 9.17) is 10.5 Å². The van der Waals surface area contributed by atoms with Crippen molar-refractivity contribution in [1.82, 2.24) is 15.0 Å². The first-order chi connectivity index (χ1) is 10.2. The van der Waals surface area contributed by atoms with E-state index in [1.54, 1.807) is 6.92 Å². The highest BCUT2D eigenvalue weighted by atomic mass is 19.4. The molecule has 0 spiro atoms. The number of hydrogen-bond acceptors (Lipinski definition) is 5. The van der Waals surface area contributed by atoms with Crippen molar-refractivity contribution in [3.8, 4) is 11.5 Å². The van der Waals surface area contributed by atoms with Crippen LogP contribution in [0.25, 0.3) is 0 Å². The fourth-order valence-corrected chi connectivity index (χ4v) is 1.80. The first-order valence-corrected chi connectivity index (χ1v) is 6.52. The van der Waals surface area contributed by atoms with Gasteiger partial charge in [0.15, 0.2) is 11.6 Å². The number of pyridine rings is 1. The van der Waals surface area contributed by atoms with Crippen LogP contribution < -0.4 is 10.5 Å². The number of aromatic nitrogens is 3. The summed E-state index contributed by atoms with van der Waals surface area (Å²) in [5, 5.41) is 0. The average molecular weight is 312 g/mol. The highest BCUT2D eigenvalue weighted by Crippen LogP contribution is 2.36. The van der Waals surface area contributed by atoms with Crippen LogP contribution in [0.4, 0.5) is 19.0 Å². The van der Waals surface area contributed by atoms with E-state index in [1.807, 2.05) is 13.8 Å². The summed E-state index contributed by atoms with van der Waals surface area (Å²) in [5.41, 5.74) is 5.21. The highest BCUT2D eigenvalue weighted by molar-refractivity contribution is 5.48. The van der Waals surface area contributed by atoms with Crippen LogP contribution in [0.3, 0.4) is 0 Å². The number of nitrogens with two attached hydrogens (primary N) is 1. The van der Waals surface area contributed by atoms with Gasteiger partial charge in [-0.15, -0.1) is 0 Å². The van der Waals surface area contributed by atoms with Crippen LogP contribution in [-0.2, 0) is 6.18 Å². The number of nitrogens with zero attached hydrogens (tertiary/aromatic N) is 3. The van der Waals surface area contributed by atoms with Crippen molar-refractivity contribution in [2.45, 2.75) is 32.9 Å². The van der Waals surface area contributed by atoms with Crippen molar-refractivity contribution >= 4 is 5.82 Å². The maximum absolute atomic E-state index is 12.8. The van der Waals surface area contributed by atoms with Crippen molar-refractivity contribution < 1.29 is 17.9 Å². The zero-order valence-electron chi connectivity index (χ0n) is 12.3. The van der Waals surface area contributed by atoms with Crippen LogP contribution >= 0.6 is 0 Å². The van der Waals surface area contributed by atoms with Crippen LogP contribution in [0, 0.1) is 6.92 Å². The molecule has 0 aliphatic heterocycles. The monoisotopic (exact) mass is 312 g/mol. The lowest BCUT2D eigenvalue weighted by molar-refractivity contribution is -0.141. The molecule has 0 saturated heterocycles. The van der Waals surface area contributed by atoms with Crippen LogP contribution in [0.2, 0.25) is 0 Å². The molecule has 0 saturated carbocycles. The van der Waals surface area contributed by atoms with Gasteiger partial charge in [0, 0.05) is 17.8 Å². The van der Waals surface area contributed by atoms with Gasteiger partial charge < -0.3 is 10.5 Å². The third kappa shape index (κ3) is 3.44. The number of rotatable bonds is 3. The van der Waals surface area contributed by atoms with Gasteiger partial charge in [0.2, 0.25) is 0 Å². The second-order valence-corrected chi connectivity index (χ2v) is 5.03. The van der Waals surface area contributed by atoms with E-state index in [1.165, 1.54) is 6.20 Å². The van der Waals surface area contributed by atoms with Gasteiger partial charge in [-0.2, -0.15) is 13.2 Å². The summed E-state index contributed by atoms with van der Waals surface area (Å²) >= 11 is 0. The molecule has 0 radical (unpaired) electrons. The molecule has 2 aromatic heterocycles. The summed E-state index contributed by atoms with van der Waals surface area (Å²) in [6.45, 7) is 5.30. The Hall–Kier alpha value is -2.38. The molecular weight excluding hydrogens is 297 g/mol. The molecule has 0 bridgehead atoms. The predicted molar refractivity (Wildman–Crippen MR) is 74.6 cm³/mol. The smallest absolute Gasteiger partial charge is 0.433 e. The highest BCUT2D eigenvalue weighted by Gasteiger charge is 2.33. The second kappa shape index (κ2) is 5.78. The van der Waals surface area contributed by atoms with Gasteiger partial charge in [-0.25, -0.2) is 9.97 Å². The Bertz CT molecular complexity index is 686. The van der Waals surface area contributed by atoms with E-state index < -0.39 is 11.9 Å².